The van der Waals surface area contributed by atoms with Crippen molar-refractivity contribution in [3.63, 3.8) is 0 Å². The standard InChI is InChI=1S/C20H25Cl4NO4/c1-14(25-29-20(2,3)4)13-26-8-5-6-9-28-19-16(21)11-15(12-17(19)22)27-10-7-18(23)24/h5-7,11-12H,8-10,13H2,1-4H3/b6-5+,25-14+. The summed E-state index contributed by atoms with van der Waals surface area (Å²) in [4.78, 5) is 5.32. The highest BCUT2D eigenvalue weighted by molar-refractivity contribution is 6.55. The summed E-state index contributed by atoms with van der Waals surface area (Å²) in [6.45, 7) is 8.92. The minimum atomic E-state index is -0.319. The van der Waals surface area contributed by atoms with Crippen LogP contribution in [0.15, 0.2) is 40.0 Å². The molecule has 1 aromatic carbocycles. The molecule has 0 aliphatic heterocycles. The molecule has 1 aromatic rings. The average Bonchev–Trinajstić information content (AvgIpc) is 2.60. The first-order chi connectivity index (χ1) is 13.6. The summed E-state index contributed by atoms with van der Waals surface area (Å²) in [5.74, 6) is 0.856. The van der Waals surface area contributed by atoms with Gasteiger partial charge in [0.05, 0.1) is 29.0 Å². The average molecular weight is 485 g/mol. The van der Waals surface area contributed by atoms with Gasteiger partial charge in [-0.15, -0.1) is 0 Å². The van der Waals surface area contributed by atoms with Gasteiger partial charge in [0, 0.05) is 12.1 Å². The molecule has 5 nitrogen and oxygen atoms in total. The largest absolute Gasteiger partial charge is 0.489 e. The zero-order valence-electron chi connectivity index (χ0n) is 16.8. The molecule has 0 N–H and O–H groups in total. The zero-order valence-corrected chi connectivity index (χ0v) is 19.8. The minimum Gasteiger partial charge on any atom is -0.489 e. The van der Waals surface area contributed by atoms with Crippen molar-refractivity contribution in [2.24, 2.45) is 5.16 Å². The van der Waals surface area contributed by atoms with Gasteiger partial charge in [-0.1, -0.05) is 57.6 Å². The van der Waals surface area contributed by atoms with Gasteiger partial charge in [-0.2, -0.15) is 0 Å². The summed E-state index contributed by atoms with van der Waals surface area (Å²) in [5, 5.41) is 4.68. The number of hydrogen-bond donors (Lipinski definition) is 0. The van der Waals surface area contributed by atoms with Crippen molar-refractivity contribution in [3.8, 4) is 11.5 Å². The van der Waals surface area contributed by atoms with E-state index in [1.54, 1.807) is 12.1 Å². The van der Waals surface area contributed by atoms with E-state index in [-0.39, 0.29) is 23.3 Å². The van der Waals surface area contributed by atoms with Crippen molar-refractivity contribution in [1.82, 2.24) is 0 Å². The molecule has 1 rings (SSSR count). The molecule has 0 heterocycles. The molecule has 0 amide bonds. The molecule has 0 spiro atoms. The van der Waals surface area contributed by atoms with Crippen molar-refractivity contribution in [1.29, 1.82) is 0 Å². The van der Waals surface area contributed by atoms with Crippen LogP contribution in [0.5, 0.6) is 11.5 Å². The van der Waals surface area contributed by atoms with Crippen LogP contribution < -0.4 is 9.47 Å². The molecule has 0 saturated heterocycles. The van der Waals surface area contributed by atoms with E-state index in [0.29, 0.717) is 34.8 Å². The van der Waals surface area contributed by atoms with Gasteiger partial charge in [0.15, 0.2) is 5.75 Å². The van der Waals surface area contributed by atoms with Crippen LogP contribution in [0.1, 0.15) is 27.7 Å². The van der Waals surface area contributed by atoms with Gasteiger partial charge < -0.3 is 19.0 Å². The fourth-order valence-corrected chi connectivity index (χ4v) is 2.44. The number of rotatable bonds is 11. The number of nitrogens with zero attached hydrogens (tertiary/aromatic N) is 1. The summed E-state index contributed by atoms with van der Waals surface area (Å²) < 4.78 is 16.7. The molecule has 0 aliphatic carbocycles. The van der Waals surface area contributed by atoms with Gasteiger partial charge in [-0.25, -0.2) is 0 Å². The zero-order chi connectivity index (χ0) is 21.9. The lowest BCUT2D eigenvalue weighted by molar-refractivity contribution is -0.000463. The van der Waals surface area contributed by atoms with E-state index in [1.165, 1.54) is 6.08 Å². The minimum absolute atomic E-state index is 0.124. The van der Waals surface area contributed by atoms with E-state index in [0.717, 1.165) is 5.71 Å². The van der Waals surface area contributed by atoms with Crippen LogP contribution in [-0.2, 0) is 9.57 Å². The Morgan fingerprint density at radius 3 is 2.21 bits per heavy atom. The van der Waals surface area contributed by atoms with Crippen LogP contribution in [0.25, 0.3) is 0 Å². The lowest BCUT2D eigenvalue weighted by Gasteiger charge is -2.16. The Bertz CT molecular complexity index is 715. The Labute approximate surface area is 192 Å². The Morgan fingerprint density at radius 1 is 1.00 bits per heavy atom. The molecular formula is C20H25Cl4NO4. The molecule has 0 bridgehead atoms. The summed E-state index contributed by atoms with van der Waals surface area (Å²) in [5.41, 5.74) is 0.439. The fourth-order valence-electron chi connectivity index (χ4n) is 1.74. The van der Waals surface area contributed by atoms with E-state index in [1.807, 2.05) is 39.8 Å². The highest BCUT2D eigenvalue weighted by atomic mass is 35.5. The van der Waals surface area contributed by atoms with Gasteiger partial charge in [-0.3, -0.25) is 0 Å². The van der Waals surface area contributed by atoms with E-state index < -0.39 is 0 Å². The van der Waals surface area contributed by atoms with Crippen LogP contribution in [-0.4, -0.2) is 37.7 Å². The third-order valence-electron chi connectivity index (χ3n) is 2.95. The first kappa shape index (κ1) is 25.9. The van der Waals surface area contributed by atoms with Crippen LogP contribution >= 0.6 is 46.4 Å². The summed E-state index contributed by atoms with van der Waals surface area (Å²) in [6, 6.07) is 3.21. The van der Waals surface area contributed by atoms with Crippen molar-refractivity contribution in [2.45, 2.75) is 33.3 Å². The predicted octanol–water partition coefficient (Wildman–Crippen LogP) is 6.83. The summed E-state index contributed by atoms with van der Waals surface area (Å²) in [6.07, 6.45) is 5.15. The Hall–Kier alpha value is -1.11. The number of benzene rings is 1. The molecule has 29 heavy (non-hydrogen) atoms. The van der Waals surface area contributed by atoms with E-state index in [2.05, 4.69) is 5.16 Å². The predicted molar refractivity (Wildman–Crippen MR) is 121 cm³/mol. The quantitative estimate of drug-likeness (QED) is 0.149. The third-order valence-corrected chi connectivity index (χ3v) is 3.82. The summed E-state index contributed by atoms with van der Waals surface area (Å²) >= 11 is 23.5. The maximum atomic E-state index is 6.20. The van der Waals surface area contributed by atoms with Gasteiger partial charge in [0.1, 0.15) is 29.1 Å². The van der Waals surface area contributed by atoms with Crippen LogP contribution in [0.4, 0.5) is 0 Å². The van der Waals surface area contributed by atoms with Crippen LogP contribution in [0.2, 0.25) is 10.0 Å². The fraction of sp³-hybridized carbons (Fsp3) is 0.450. The maximum Gasteiger partial charge on any atom is 0.157 e. The SMILES string of the molecule is C/C(COC/C=C/COc1c(Cl)cc(OCC=C(Cl)Cl)cc1Cl)=N\OC(C)(C)C. The second kappa shape index (κ2) is 13.2. The topological polar surface area (TPSA) is 49.3 Å². The summed E-state index contributed by atoms with van der Waals surface area (Å²) in [7, 11) is 0. The Morgan fingerprint density at radius 2 is 1.62 bits per heavy atom. The third kappa shape index (κ3) is 12.2. The Balaban J connectivity index is 2.39. The van der Waals surface area contributed by atoms with Crippen molar-refractivity contribution in [3.05, 3.63) is 44.9 Å². The van der Waals surface area contributed by atoms with Gasteiger partial charge in [-0.05, 0) is 39.8 Å². The highest BCUT2D eigenvalue weighted by Gasteiger charge is 2.11. The van der Waals surface area contributed by atoms with Crippen LogP contribution in [0.3, 0.4) is 0 Å². The molecule has 0 saturated carbocycles. The van der Waals surface area contributed by atoms with E-state index >= 15 is 0 Å². The Kier molecular flexibility index (Phi) is 11.8. The molecule has 0 aromatic heterocycles. The number of halogens is 4. The van der Waals surface area contributed by atoms with Crippen molar-refractivity contribution >= 4 is 52.1 Å². The molecule has 162 valence electrons. The molecule has 0 fully saturated rings. The normalized spacial score (nSPS) is 12.2. The van der Waals surface area contributed by atoms with Crippen LogP contribution in [0, 0.1) is 0 Å². The molecule has 9 heteroatoms. The van der Waals surface area contributed by atoms with E-state index in [4.69, 9.17) is 65.5 Å². The number of oxime groups is 1. The first-order valence-electron chi connectivity index (χ1n) is 8.78. The second-order valence-corrected chi connectivity index (χ2v) is 8.67. The highest BCUT2D eigenvalue weighted by Crippen LogP contribution is 2.37. The maximum absolute atomic E-state index is 6.20. The monoisotopic (exact) mass is 483 g/mol. The lowest BCUT2D eigenvalue weighted by atomic mass is 10.2. The van der Waals surface area contributed by atoms with Crippen molar-refractivity contribution < 1.29 is 19.0 Å². The van der Waals surface area contributed by atoms with Gasteiger partial charge in [0.2, 0.25) is 0 Å². The molecule has 0 radical (unpaired) electrons. The van der Waals surface area contributed by atoms with E-state index in [9.17, 15) is 0 Å². The first-order valence-corrected chi connectivity index (χ1v) is 10.3. The lowest BCUT2D eigenvalue weighted by Crippen LogP contribution is -2.17. The molecule has 0 aliphatic rings. The second-order valence-electron chi connectivity index (χ2n) is 6.85. The smallest absolute Gasteiger partial charge is 0.157 e. The van der Waals surface area contributed by atoms with Crippen molar-refractivity contribution in [2.75, 3.05) is 26.4 Å². The molecule has 0 unspecified atom stereocenters. The number of ether oxygens (including phenoxy) is 3. The molecule has 0 atom stereocenters. The number of hydrogen-bond acceptors (Lipinski definition) is 5. The van der Waals surface area contributed by atoms with Gasteiger partial charge in [0.25, 0.3) is 0 Å². The molecular weight excluding hydrogens is 460 g/mol. The van der Waals surface area contributed by atoms with Gasteiger partial charge >= 0.3 is 0 Å².